The summed E-state index contributed by atoms with van der Waals surface area (Å²) in [5.74, 6) is 0. The van der Waals surface area contributed by atoms with Gasteiger partial charge in [0.05, 0.1) is 11.3 Å². The summed E-state index contributed by atoms with van der Waals surface area (Å²) in [6, 6.07) is 2.69. The number of hydrogen-bond donors (Lipinski definition) is 1. The number of aromatic nitrogens is 2. The predicted molar refractivity (Wildman–Crippen MR) is 81.9 cm³/mol. The third kappa shape index (κ3) is 3.61. The Morgan fingerprint density at radius 3 is 2.75 bits per heavy atom. The second-order valence-corrected chi connectivity index (χ2v) is 6.48. The van der Waals surface area contributed by atoms with Gasteiger partial charge in [-0.05, 0) is 59.6 Å². The lowest BCUT2D eigenvalue weighted by molar-refractivity contribution is 0.0230. The van der Waals surface area contributed by atoms with E-state index < -0.39 is 5.60 Å². The molecule has 1 aromatic rings. The summed E-state index contributed by atoms with van der Waals surface area (Å²) in [6.07, 6.45) is 3.56. The zero-order valence-corrected chi connectivity index (χ0v) is 13.4. The summed E-state index contributed by atoms with van der Waals surface area (Å²) >= 11 is 0. The molecule has 1 saturated heterocycles. The fourth-order valence-corrected chi connectivity index (χ4v) is 3.25. The second-order valence-electron chi connectivity index (χ2n) is 6.48. The van der Waals surface area contributed by atoms with Crippen LogP contribution in [-0.2, 0) is 13.0 Å². The number of nitrogens with zero attached hydrogens (tertiary/aromatic N) is 3. The molecule has 4 nitrogen and oxygen atoms in total. The van der Waals surface area contributed by atoms with Gasteiger partial charge in [0.15, 0.2) is 0 Å². The molecule has 4 heteroatoms. The first-order chi connectivity index (χ1) is 9.43. The number of rotatable bonds is 4. The number of aliphatic hydroxyl groups is 1. The maximum atomic E-state index is 11.0. The molecule has 0 aliphatic carbocycles. The van der Waals surface area contributed by atoms with Crippen molar-refractivity contribution in [2.75, 3.05) is 13.1 Å². The minimum absolute atomic E-state index is 0.566. The summed E-state index contributed by atoms with van der Waals surface area (Å²) < 4.78 is 2.03. The van der Waals surface area contributed by atoms with Gasteiger partial charge in [0, 0.05) is 31.2 Å². The van der Waals surface area contributed by atoms with E-state index in [-0.39, 0.29) is 0 Å². The van der Waals surface area contributed by atoms with E-state index in [2.05, 4.69) is 36.8 Å². The van der Waals surface area contributed by atoms with Gasteiger partial charge in [0.1, 0.15) is 0 Å². The smallest absolute Gasteiger partial charge is 0.0715 e. The minimum Gasteiger partial charge on any atom is -0.389 e. The molecule has 0 saturated carbocycles. The normalized spacial score (nSPS) is 25.1. The van der Waals surface area contributed by atoms with E-state index in [0.29, 0.717) is 6.04 Å². The molecule has 2 rings (SSSR count). The topological polar surface area (TPSA) is 41.3 Å². The highest BCUT2D eigenvalue weighted by molar-refractivity contribution is 5.12. The fourth-order valence-electron chi connectivity index (χ4n) is 3.25. The SMILES string of the molecule is CCn1nc(C)cc1CC1(O)CCCN(C(C)C)CC1. The molecule has 0 amide bonds. The Morgan fingerprint density at radius 1 is 1.35 bits per heavy atom. The van der Waals surface area contributed by atoms with E-state index in [1.54, 1.807) is 0 Å². The molecular weight excluding hydrogens is 250 g/mol. The highest BCUT2D eigenvalue weighted by Crippen LogP contribution is 2.27. The highest BCUT2D eigenvalue weighted by atomic mass is 16.3. The molecule has 0 aromatic carbocycles. The van der Waals surface area contributed by atoms with Crippen molar-refractivity contribution in [1.29, 1.82) is 0 Å². The van der Waals surface area contributed by atoms with Crippen molar-refractivity contribution in [2.45, 2.75) is 71.6 Å². The lowest BCUT2D eigenvalue weighted by Gasteiger charge is -2.28. The van der Waals surface area contributed by atoms with Gasteiger partial charge < -0.3 is 10.0 Å². The Hall–Kier alpha value is -0.870. The van der Waals surface area contributed by atoms with Gasteiger partial charge in [-0.2, -0.15) is 5.10 Å². The van der Waals surface area contributed by atoms with Crippen LogP contribution in [0.5, 0.6) is 0 Å². The first-order valence-electron chi connectivity index (χ1n) is 7.93. The van der Waals surface area contributed by atoms with Crippen molar-refractivity contribution in [1.82, 2.24) is 14.7 Å². The molecule has 20 heavy (non-hydrogen) atoms. The summed E-state index contributed by atoms with van der Waals surface area (Å²) in [7, 11) is 0. The molecule has 1 aromatic heterocycles. The maximum absolute atomic E-state index is 11.0. The average molecular weight is 279 g/mol. The molecule has 1 aliphatic heterocycles. The third-order valence-electron chi connectivity index (χ3n) is 4.48. The minimum atomic E-state index is -0.566. The monoisotopic (exact) mass is 279 g/mol. The van der Waals surface area contributed by atoms with Gasteiger partial charge in [-0.25, -0.2) is 0 Å². The second kappa shape index (κ2) is 6.27. The summed E-state index contributed by atoms with van der Waals surface area (Å²) in [4.78, 5) is 2.47. The molecular formula is C16H29N3O. The molecule has 1 fully saturated rings. The first-order valence-corrected chi connectivity index (χ1v) is 7.93. The quantitative estimate of drug-likeness (QED) is 0.920. The molecule has 1 atom stereocenters. The van der Waals surface area contributed by atoms with Gasteiger partial charge in [-0.3, -0.25) is 4.68 Å². The molecule has 1 N–H and O–H groups in total. The van der Waals surface area contributed by atoms with Crippen molar-refractivity contribution < 1.29 is 5.11 Å². The van der Waals surface area contributed by atoms with E-state index in [1.807, 2.05) is 11.6 Å². The van der Waals surface area contributed by atoms with Crippen LogP contribution in [0.25, 0.3) is 0 Å². The van der Waals surface area contributed by atoms with Crippen LogP contribution in [0.4, 0.5) is 0 Å². The van der Waals surface area contributed by atoms with E-state index in [4.69, 9.17) is 0 Å². The van der Waals surface area contributed by atoms with E-state index in [9.17, 15) is 5.11 Å². The van der Waals surface area contributed by atoms with Crippen LogP contribution in [0.1, 0.15) is 51.4 Å². The van der Waals surface area contributed by atoms with Crippen molar-refractivity contribution >= 4 is 0 Å². The predicted octanol–water partition coefficient (Wildman–Crippen LogP) is 2.38. The summed E-state index contributed by atoms with van der Waals surface area (Å²) in [6.45, 7) is 11.6. The Bertz CT molecular complexity index is 441. The van der Waals surface area contributed by atoms with Crippen LogP contribution >= 0.6 is 0 Å². The Balaban J connectivity index is 2.07. The largest absolute Gasteiger partial charge is 0.389 e. The summed E-state index contributed by atoms with van der Waals surface area (Å²) in [5, 5.41) is 15.5. The number of hydrogen-bond acceptors (Lipinski definition) is 3. The van der Waals surface area contributed by atoms with Crippen molar-refractivity contribution in [3.63, 3.8) is 0 Å². The van der Waals surface area contributed by atoms with Gasteiger partial charge >= 0.3 is 0 Å². The average Bonchev–Trinajstić information content (AvgIpc) is 2.60. The molecule has 1 aliphatic rings. The van der Waals surface area contributed by atoms with Gasteiger partial charge in [0.2, 0.25) is 0 Å². The molecule has 0 radical (unpaired) electrons. The maximum Gasteiger partial charge on any atom is 0.0715 e. The van der Waals surface area contributed by atoms with Crippen LogP contribution < -0.4 is 0 Å². The molecule has 2 heterocycles. The fraction of sp³-hybridized carbons (Fsp3) is 0.812. The van der Waals surface area contributed by atoms with Crippen LogP contribution in [0.15, 0.2) is 6.07 Å². The lowest BCUT2D eigenvalue weighted by Crippen LogP contribution is -2.36. The first kappa shape index (κ1) is 15.5. The zero-order valence-electron chi connectivity index (χ0n) is 13.4. The van der Waals surface area contributed by atoms with Crippen molar-refractivity contribution in [3.8, 4) is 0 Å². The van der Waals surface area contributed by atoms with Gasteiger partial charge in [0.25, 0.3) is 0 Å². The van der Waals surface area contributed by atoms with E-state index >= 15 is 0 Å². The Labute approximate surface area is 122 Å². The zero-order chi connectivity index (χ0) is 14.8. The molecule has 0 bridgehead atoms. The molecule has 114 valence electrons. The lowest BCUT2D eigenvalue weighted by atomic mass is 9.89. The molecule has 1 unspecified atom stereocenters. The van der Waals surface area contributed by atoms with E-state index in [0.717, 1.165) is 51.0 Å². The van der Waals surface area contributed by atoms with Crippen LogP contribution in [0, 0.1) is 6.92 Å². The van der Waals surface area contributed by atoms with Gasteiger partial charge in [-0.1, -0.05) is 0 Å². The third-order valence-corrected chi connectivity index (χ3v) is 4.48. The van der Waals surface area contributed by atoms with Crippen molar-refractivity contribution in [2.24, 2.45) is 0 Å². The highest BCUT2D eigenvalue weighted by Gasteiger charge is 2.32. The van der Waals surface area contributed by atoms with Crippen molar-refractivity contribution in [3.05, 3.63) is 17.5 Å². The molecule has 0 spiro atoms. The summed E-state index contributed by atoms with van der Waals surface area (Å²) in [5.41, 5.74) is 1.65. The standard InChI is InChI=1S/C16H29N3O/c1-5-19-15(11-14(4)17-19)12-16(20)7-6-9-18(10-8-16)13(2)3/h11,13,20H,5-10,12H2,1-4H3. The Morgan fingerprint density at radius 2 is 2.10 bits per heavy atom. The van der Waals surface area contributed by atoms with Crippen LogP contribution in [0.2, 0.25) is 0 Å². The van der Waals surface area contributed by atoms with Crippen LogP contribution in [-0.4, -0.2) is 44.5 Å². The van der Waals surface area contributed by atoms with E-state index in [1.165, 1.54) is 5.69 Å². The van der Waals surface area contributed by atoms with Crippen LogP contribution in [0.3, 0.4) is 0 Å². The Kier molecular flexibility index (Phi) is 4.86. The number of aryl methyl sites for hydroxylation is 2. The van der Waals surface area contributed by atoms with Gasteiger partial charge in [-0.15, -0.1) is 0 Å². The number of likely N-dealkylation sites (tertiary alicyclic amines) is 1.